The van der Waals surface area contributed by atoms with E-state index >= 15 is 0 Å². The first-order valence-electron chi connectivity index (χ1n) is 10.2. The van der Waals surface area contributed by atoms with Crippen LogP contribution >= 0.6 is 0 Å². The smallest absolute Gasteiger partial charge is 0.177 e. The minimum absolute atomic E-state index is 0.0580. The molecule has 1 heterocycles. The molecule has 0 atom stereocenters. The Labute approximate surface area is 184 Å². The Bertz CT molecular complexity index is 1500. The van der Waals surface area contributed by atoms with Gasteiger partial charge >= 0.3 is 0 Å². The fraction of sp³-hybridized carbons (Fsp3) is 0. The molecule has 0 radical (unpaired) electrons. The van der Waals surface area contributed by atoms with Crippen LogP contribution in [-0.2, 0) is 0 Å². The Kier molecular flexibility index (Phi) is 3.87. The highest BCUT2D eigenvalue weighted by Crippen LogP contribution is 2.50. The van der Waals surface area contributed by atoms with Gasteiger partial charge in [-0.15, -0.1) is 0 Å². The van der Waals surface area contributed by atoms with Crippen molar-refractivity contribution in [2.75, 3.05) is 0 Å². The van der Waals surface area contributed by atoms with E-state index in [0.717, 1.165) is 44.2 Å². The van der Waals surface area contributed by atoms with Crippen LogP contribution in [0.4, 0.5) is 0 Å². The summed E-state index contributed by atoms with van der Waals surface area (Å²) in [5, 5.41) is 21.1. The van der Waals surface area contributed by atoms with E-state index in [0.29, 0.717) is 11.4 Å². The maximum atomic E-state index is 9.47. The second-order valence-electron chi connectivity index (χ2n) is 7.65. The van der Waals surface area contributed by atoms with Gasteiger partial charge in [-0.25, -0.2) is 9.97 Å². The van der Waals surface area contributed by atoms with E-state index in [-0.39, 0.29) is 11.4 Å². The molecular weight excluding hydrogens is 392 g/mol. The molecule has 0 N–H and O–H groups in total. The SMILES string of the molecule is N#Cc1nc2c(nc1C#N)-c1ccc(-c3ccccc3)c3c(-c4ccccc4)ccc-2c13. The van der Waals surface area contributed by atoms with Crippen LogP contribution < -0.4 is 0 Å². The summed E-state index contributed by atoms with van der Waals surface area (Å²) >= 11 is 0. The quantitative estimate of drug-likeness (QED) is 0.336. The van der Waals surface area contributed by atoms with Gasteiger partial charge in [-0.1, -0.05) is 84.9 Å². The van der Waals surface area contributed by atoms with Crippen LogP contribution in [0.2, 0.25) is 0 Å². The molecule has 4 aromatic carbocycles. The molecule has 1 aromatic heterocycles. The average molecular weight is 406 g/mol. The van der Waals surface area contributed by atoms with E-state index < -0.39 is 0 Å². The van der Waals surface area contributed by atoms with Crippen molar-refractivity contribution in [1.29, 1.82) is 10.5 Å². The van der Waals surface area contributed by atoms with Crippen molar-refractivity contribution < 1.29 is 0 Å². The molecular formula is C28H14N4. The predicted molar refractivity (Wildman–Crippen MR) is 124 cm³/mol. The minimum atomic E-state index is 0.0580. The van der Waals surface area contributed by atoms with Gasteiger partial charge in [-0.2, -0.15) is 10.5 Å². The molecule has 32 heavy (non-hydrogen) atoms. The monoisotopic (exact) mass is 406 g/mol. The number of nitrogens with zero attached hydrogens (tertiary/aromatic N) is 4. The third-order valence-electron chi connectivity index (χ3n) is 5.95. The second kappa shape index (κ2) is 6.87. The summed E-state index contributed by atoms with van der Waals surface area (Å²) in [6.45, 7) is 0. The van der Waals surface area contributed by atoms with Crippen LogP contribution in [0.5, 0.6) is 0 Å². The molecule has 0 spiro atoms. The summed E-state index contributed by atoms with van der Waals surface area (Å²) < 4.78 is 0. The first kappa shape index (κ1) is 18.0. The van der Waals surface area contributed by atoms with E-state index in [4.69, 9.17) is 0 Å². The zero-order valence-electron chi connectivity index (χ0n) is 16.9. The third kappa shape index (κ3) is 2.48. The number of rotatable bonds is 2. The van der Waals surface area contributed by atoms with E-state index in [2.05, 4.69) is 58.5 Å². The van der Waals surface area contributed by atoms with Crippen molar-refractivity contribution in [2.45, 2.75) is 0 Å². The van der Waals surface area contributed by atoms with E-state index in [9.17, 15) is 10.5 Å². The molecule has 0 fully saturated rings. The minimum Gasteiger partial charge on any atom is -0.232 e. The van der Waals surface area contributed by atoms with Gasteiger partial charge in [-0.05, 0) is 27.6 Å². The molecule has 0 aliphatic heterocycles. The van der Waals surface area contributed by atoms with Gasteiger partial charge in [0.1, 0.15) is 12.1 Å². The van der Waals surface area contributed by atoms with Crippen LogP contribution in [0.1, 0.15) is 11.4 Å². The molecule has 0 amide bonds. The van der Waals surface area contributed by atoms with Gasteiger partial charge in [0.25, 0.3) is 0 Å². The third-order valence-corrected chi connectivity index (χ3v) is 5.95. The molecule has 4 nitrogen and oxygen atoms in total. The zero-order chi connectivity index (χ0) is 21.7. The lowest BCUT2D eigenvalue weighted by Gasteiger charge is -2.14. The molecule has 0 unspecified atom stereocenters. The normalized spacial score (nSPS) is 11.1. The van der Waals surface area contributed by atoms with E-state index in [1.54, 1.807) is 0 Å². The molecule has 6 rings (SSSR count). The average Bonchev–Trinajstić information content (AvgIpc) is 3.18. The molecule has 1 aliphatic carbocycles. The molecule has 0 saturated heterocycles. The first-order chi connectivity index (χ1) is 15.8. The highest BCUT2D eigenvalue weighted by Gasteiger charge is 2.28. The van der Waals surface area contributed by atoms with Gasteiger partial charge in [0.15, 0.2) is 11.4 Å². The molecule has 4 heteroatoms. The topological polar surface area (TPSA) is 73.4 Å². The van der Waals surface area contributed by atoms with Crippen molar-refractivity contribution in [1.82, 2.24) is 9.97 Å². The van der Waals surface area contributed by atoms with Crippen molar-refractivity contribution in [2.24, 2.45) is 0 Å². The Morgan fingerprint density at radius 2 is 0.844 bits per heavy atom. The fourth-order valence-electron chi connectivity index (χ4n) is 4.57. The van der Waals surface area contributed by atoms with Gasteiger partial charge in [0.05, 0.1) is 11.4 Å². The number of benzene rings is 4. The van der Waals surface area contributed by atoms with Gasteiger partial charge < -0.3 is 0 Å². The highest BCUT2D eigenvalue weighted by molar-refractivity contribution is 6.21. The van der Waals surface area contributed by atoms with Crippen molar-refractivity contribution in [3.8, 4) is 56.9 Å². The van der Waals surface area contributed by atoms with Gasteiger partial charge in [0.2, 0.25) is 0 Å². The predicted octanol–water partition coefficient (Wildman–Crippen LogP) is 6.35. The first-order valence-corrected chi connectivity index (χ1v) is 10.2. The number of hydrogen-bond acceptors (Lipinski definition) is 4. The maximum absolute atomic E-state index is 9.47. The molecule has 0 saturated carbocycles. The number of hydrogen-bond donors (Lipinski definition) is 0. The van der Waals surface area contributed by atoms with Gasteiger partial charge in [-0.3, -0.25) is 0 Å². The summed E-state index contributed by atoms with van der Waals surface area (Å²) in [5.74, 6) is 0. The molecule has 1 aliphatic rings. The van der Waals surface area contributed by atoms with Crippen LogP contribution in [-0.4, -0.2) is 9.97 Å². The second-order valence-corrected chi connectivity index (χ2v) is 7.65. The van der Waals surface area contributed by atoms with Crippen LogP contribution in [0.3, 0.4) is 0 Å². The maximum Gasteiger partial charge on any atom is 0.177 e. The van der Waals surface area contributed by atoms with Gasteiger partial charge in [0, 0.05) is 16.5 Å². The summed E-state index contributed by atoms with van der Waals surface area (Å²) in [4.78, 5) is 9.08. The zero-order valence-corrected chi connectivity index (χ0v) is 16.9. The highest BCUT2D eigenvalue weighted by atomic mass is 14.9. The lowest BCUT2D eigenvalue weighted by Crippen LogP contribution is -1.97. The van der Waals surface area contributed by atoms with E-state index in [1.165, 1.54) is 0 Å². The lowest BCUT2D eigenvalue weighted by molar-refractivity contribution is 1.15. The molecule has 0 bridgehead atoms. The van der Waals surface area contributed by atoms with Crippen LogP contribution in [0.15, 0.2) is 84.9 Å². The fourth-order valence-corrected chi connectivity index (χ4v) is 4.57. The number of fused-ring (bicyclic) bond motifs is 3. The standard InChI is InChI=1S/C28H14N4/c29-15-23-24(16-30)32-28-22-14-12-20(18-9-5-2-6-10-18)25-19(17-7-3-1-4-8-17)11-13-21(26(22)25)27(28)31-23/h1-14H. The summed E-state index contributed by atoms with van der Waals surface area (Å²) in [7, 11) is 0. The van der Waals surface area contributed by atoms with E-state index in [1.807, 2.05) is 48.5 Å². The number of aromatic nitrogens is 2. The summed E-state index contributed by atoms with van der Waals surface area (Å²) in [6.07, 6.45) is 0. The van der Waals surface area contributed by atoms with Crippen molar-refractivity contribution in [3.05, 3.63) is 96.3 Å². The lowest BCUT2D eigenvalue weighted by atomic mass is 9.89. The largest absolute Gasteiger partial charge is 0.232 e. The Hall–Kier alpha value is -4.80. The van der Waals surface area contributed by atoms with Crippen molar-refractivity contribution >= 4 is 10.8 Å². The molecule has 146 valence electrons. The summed E-state index contributed by atoms with van der Waals surface area (Å²) in [5.41, 5.74) is 7.81. The van der Waals surface area contributed by atoms with Crippen molar-refractivity contribution in [3.63, 3.8) is 0 Å². The Balaban J connectivity index is 1.77. The Morgan fingerprint density at radius 1 is 0.469 bits per heavy atom. The summed E-state index contributed by atoms with van der Waals surface area (Å²) in [6, 6.07) is 33.0. The Morgan fingerprint density at radius 3 is 1.25 bits per heavy atom. The number of nitriles is 2. The van der Waals surface area contributed by atoms with Crippen LogP contribution in [0, 0.1) is 22.7 Å². The van der Waals surface area contributed by atoms with Crippen LogP contribution in [0.25, 0.3) is 55.5 Å². The molecule has 5 aromatic rings.